The summed E-state index contributed by atoms with van der Waals surface area (Å²) in [6.45, 7) is 4.68. The van der Waals surface area contributed by atoms with E-state index in [2.05, 4.69) is 32.6 Å². The molecule has 0 aromatic heterocycles. The fourth-order valence-electron chi connectivity index (χ4n) is 0.453. The van der Waals surface area contributed by atoms with Crippen LogP contribution in [-0.2, 0) is 0 Å². The van der Waals surface area contributed by atoms with Gasteiger partial charge in [0.05, 0.1) is 3.53 Å². The Bertz CT molecular complexity index is 202. The molecule has 0 saturated carbocycles. The van der Waals surface area contributed by atoms with Gasteiger partial charge in [-0.1, -0.05) is 13.8 Å². The molecule has 1 aliphatic rings. The summed E-state index contributed by atoms with van der Waals surface area (Å²) in [4.78, 5) is 0. The van der Waals surface area contributed by atoms with Gasteiger partial charge in [0.1, 0.15) is 0 Å². The zero-order valence-corrected chi connectivity index (χ0v) is 9.75. The van der Waals surface area contributed by atoms with Crippen molar-refractivity contribution in [3.63, 3.8) is 0 Å². The van der Waals surface area contributed by atoms with Crippen LogP contribution < -0.4 is 0 Å². The van der Waals surface area contributed by atoms with Crippen molar-refractivity contribution < 1.29 is 0 Å². The van der Waals surface area contributed by atoms with Gasteiger partial charge < -0.3 is 0 Å². The molecule has 0 spiro atoms. The normalized spacial score (nSPS) is 22.6. The molecule has 0 radical (unpaired) electrons. The average molecular weight is 196 g/mol. The van der Waals surface area contributed by atoms with Crippen LogP contribution in [0.25, 0.3) is 0 Å². The van der Waals surface area contributed by atoms with Crippen LogP contribution in [0.5, 0.6) is 0 Å². The second-order valence-electron chi connectivity index (χ2n) is 4.13. The lowest BCUT2D eigenvalue weighted by Gasteiger charge is -2.41. The molecule has 0 unspecified atom stereocenters. The maximum Gasteiger partial charge on any atom is 0.0717 e. The highest BCUT2D eigenvalue weighted by Crippen LogP contribution is 2.68. The summed E-state index contributed by atoms with van der Waals surface area (Å²) in [6, 6.07) is 0. The Morgan fingerprint density at radius 2 is 1.50 bits per heavy atom. The van der Waals surface area contributed by atoms with E-state index in [4.69, 9.17) is 0 Å². The molecule has 0 amide bonds. The molecular formula is C7H16S3. The molecule has 0 N–H and O–H groups in total. The standard InChI is InChI=1S/C7H16S3/c1-6(2)10(3,4,5)7-8-9-7/h6H,1-5H3. The van der Waals surface area contributed by atoms with Crippen LogP contribution in [0.15, 0.2) is 0 Å². The Morgan fingerprint density at radius 1 is 1.10 bits per heavy atom. The van der Waals surface area contributed by atoms with Gasteiger partial charge in [-0.15, -0.1) is 0 Å². The molecule has 0 aromatic rings. The third-order valence-electron chi connectivity index (χ3n) is 2.40. The lowest BCUT2D eigenvalue weighted by molar-refractivity contribution is 1.09. The van der Waals surface area contributed by atoms with Crippen LogP contribution in [0.1, 0.15) is 13.8 Å². The molecule has 0 bridgehead atoms. The maximum atomic E-state index is 2.45. The highest BCUT2D eigenvalue weighted by molar-refractivity contribution is 9.15. The molecule has 1 aliphatic heterocycles. The van der Waals surface area contributed by atoms with Gasteiger partial charge in [0, 0.05) is 0 Å². The van der Waals surface area contributed by atoms with Gasteiger partial charge in [0.15, 0.2) is 0 Å². The van der Waals surface area contributed by atoms with Crippen molar-refractivity contribution in [1.29, 1.82) is 0 Å². The third kappa shape index (κ3) is 1.41. The molecule has 3 heteroatoms. The Hall–Kier alpha value is 0.920. The number of hydrogen-bond donors (Lipinski definition) is 0. The molecule has 1 fully saturated rings. The summed E-state index contributed by atoms with van der Waals surface area (Å²) in [5.74, 6) is 0. The average Bonchev–Trinajstić information content (AvgIpc) is 2.39. The molecule has 0 nitrogen and oxygen atoms in total. The molecule has 1 rings (SSSR count). The highest BCUT2D eigenvalue weighted by atomic mass is 33.2. The van der Waals surface area contributed by atoms with Crippen molar-refractivity contribution in [3.8, 4) is 0 Å². The van der Waals surface area contributed by atoms with E-state index in [0.717, 1.165) is 5.25 Å². The largest absolute Gasteiger partial charge is 0.232 e. The van der Waals surface area contributed by atoms with Gasteiger partial charge in [-0.25, -0.2) is 8.75 Å². The van der Waals surface area contributed by atoms with Crippen molar-refractivity contribution in [3.05, 3.63) is 0 Å². The first-order valence-corrected chi connectivity index (χ1v) is 8.87. The van der Waals surface area contributed by atoms with Gasteiger partial charge in [-0.2, -0.15) is 0 Å². The summed E-state index contributed by atoms with van der Waals surface area (Å²) in [7, 11) is 2.84. The molecular weight excluding hydrogens is 180 g/mol. The molecule has 0 atom stereocenters. The summed E-state index contributed by atoms with van der Waals surface area (Å²) >= 11 is 0. The Balaban J connectivity index is 3.15. The van der Waals surface area contributed by atoms with Crippen LogP contribution in [0.3, 0.4) is 0 Å². The van der Waals surface area contributed by atoms with Crippen LogP contribution in [0.4, 0.5) is 0 Å². The second kappa shape index (κ2) is 2.20. The van der Waals surface area contributed by atoms with Crippen molar-refractivity contribution in [2.24, 2.45) is 0 Å². The Morgan fingerprint density at radius 3 is 1.60 bits per heavy atom. The summed E-state index contributed by atoms with van der Waals surface area (Å²) < 4.78 is 1.70. The second-order valence-corrected chi connectivity index (χ2v) is 13.7. The molecule has 62 valence electrons. The number of hydrogen-bond acceptors (Lipinski definition) is 2. The van der Waals surface area contributed by atoms with E-state index in [1.807, 2.05) is 21.6 Å². The highest BCUT2D eigenvalue weighted by Gasteiger charge is 2.33. The van der Waals surface area contributed by atoms with E-state index in [9.17, 15) is 0 Å². The first-order chi connectivity index (χ1) is 4.33. The van der Waals surface area contributed by atoms with Crippen molar-refractivity contribution in [1.82, 2.24) is 0 Å². The molecule has 1 heterocycles. The minimum Gasteiger partial charge on any atom is -0.232 e. The first kappa shape index (κ1) is 9.01. The summed E-state index contributed by atoms with van der Waals surface area (Å²) in [5.41, 5.74) is 0. The predicted molar refractivity (Wildman–Crippen MR) is 60.7 cm³/mol. The minimum atomic E-state index is -1.13. The Labute approximate surface area is 71.8 Å². The van der Waals surface area contributed by atoms with Gasteiger partial charge in [0.2, 0.25) is 0 Å². The van der Waals surface area contributed by atoms with E-state index in [-0.39, 0.29) is 0 Å². The molecule has 0 aromatic carbocycles. The lowest BCUT2D eigenvalue weighted by Crippen LogP contribution is -2.16. The van der Waals surface area contributed by atoms with Gasteiger partial charge in [-0.05, 0) is 45.6 Å². The van der Waals surface area contributed by atoms with E-state index >= 15 is 0 Å². The summed E-state index contributed by atoms with van der Waals surface area (Å²) in [6.07, 6.45) is 7.35. The minimum absolute atomic E-state index is 0.828. The number of rotatable bonds is 1. The van der Waals surface area contributed by atoms with Crippen molar-refractivity contribution in [2.45, 2.75) is 19.1 Å². The fourth-order valence-corrected chi connectivity index (χ4v) is 8.76. The summed E-state index contributed by atoms with van der Waals surface area (Å²) in [5, 5.41) is 0.828. The molecule has 1 saturated heterocycles. The van der Waals surface area contributed by atoms with E-state index < -0.39 is 8.75 Å². The molecule has 0 aliphatic carbocycles. The van der Waals surface area contributed by atoms with E-state index in [1.54, 1.807) is 3.53 Å². The monoisotopic (exact) mass is 196 g/mol. The van der Waals surface area contributed by atoms with Crippen LogP contribution in [-0.4, -0.2) is 27.5 Å². The maximum absolute atomic E-state index is 2.45. The van der Waals surface area contributed by atoms with Gasteiger partial charge in [0.25, 0.3) is 0 Å². The quantitative estimate of drug-likeness (QED) is 0.359. The Kier molecular flexibility index (Phi) is 1.99. The van der Waals surface area contributed by atoms with Gasteiger partial charge in [-0.3, -0.25) is 0 Å². The predicted octanol–water partition coefficient (Wildman–Crippen LogP) is 3.11. The van der Waals surface area contributed by atoms with Crippen LogP contribution >= 0.6 is 30.3 Å². The third-order valence-corrected chi connectivity index (χ3v) is 12.9. The van der Waals surface area contributed by atoms with Crippen LogP contribution in [0, 0.1) is 0 Å². The first-order valence-electron chi connectivity index (χ1n) is 3.39. The zero-order valence-electron chi connectivity index (χ0n) is 7.30. The lowest BCUT2D eigenvalue weighted by atomic mass is 10.6. The van der Waals surface area contributed by atoms with Gasteiger partial charge >= 0.3 is 0 Å². The van der Waals surface area contributed by atoms with Crippen LogP contribution in [0.2, 0.25) is 0 Å². The van der Waals surface area contributed by atoms with Crippen molar-refractivity contribution >= 4 is 33.9 Å². The van der Waals surface area contributed by atoms with E-state index in [1.165, 1.54) is 0 Å². The SMILES string of the molecule is CC(C)S(C)(C)(C)=C1SS1. The van der Waals surface area contributed by atoms with E-state index in [0.29, 0.717) is 0 Å². The molecule has 10 heavy (non-hydrogen) atoms. The van der Waals surface area contributed by atoms with Crippen molar-refractivity contribution in [2.75, 3.05) is 18.8 Å². The smallest absolute Gasteiger partial charge is 0.0717 e. The fraction of sp³-hybridized carbons (Fsp3) is 0.857. The zero-order chi connectivity index (χ0) is 8.02. The topological polar surface area (TPSA) is 0 Å².